The van der Waals surface area contributed by atoms with E-state index in [4.69, 9.17) is 10.4 Å². The highest BCUT2D eigenvalue weighted by Crippen LogP contribution is 2.36. The van der Waals surface area contributed by atoms with Crippen LogP contribution in [-0.2, 0) is 9.68 Å². The molecule has 1 rings (SSSR count). The molecular weight excluding hydrogens is 336 g/mol. The van der Waals surface area contributed by atoms with Crippen molar-refractivity contribution in [3.63, 3.8) is 0 Å². The number of carboxylic acid groups (broad SMARTS) is 1. The molecule has 1 saturated carbocycles. The van der Waals surface area contributed by atoms with Crippen LogP contribution in [0.3, 0.4) is 0 Å². The zero-order chi connectivity index (χ0) is 19.4. The predicted octanol–water partition coefficient (Wildman–Crippen LogP) is 3.54. The number of carbonyl (C=O) groups is 1. The maximum absolute atomic E-state index is 10.5. The molecule has 1 unspecified atom stereocenters. The topological polar surface area (TPSA) is 107 Å². The number of hydrogen-bond donors (Lipinski definition) is 4. The number of aliphatic hydroxyl groups is 2. The maximum atomic E-state index is 10.5. The first-order chi connectivity index (χ1) is 12.5. The molecule has 0 aromatic heterocycles. The van der Waals surface area contributed by atoms with Gasteiger partial charge in [0.1, 0.15) is 6.10 Å². The van der Waals surface area contributed by atoms with Crippen LogP contribution in [0.15, 0.2) is 24.3 Å². The minimum absolute atomic E-state index is 0.0908. The summed E-state index contributed by atoms with van der Waals surface area (Å²) in [5, 5.41) is 38.1. The molecule has 0 amide bonds. The van der Waals surface area contributed by atoms with Gasteiger partial charge in [0.15, 0.2) is 0 Å². The number of aliphatic carboxylic acids is 1. The van der Waals surface area contributed by atoms with Crippen LogP contribution in [0.4, 0.5) is 0 Å². The molecule has 1 aliphatic carbocycles. The largest absolute Gasteiger partial charge is 0.481 e. The number of rotatable bonds is 13. The second-order valence-electron chi connectivity index (χ2n) is 7.13. The van der Waals surface area contributed by atoms with Gasteiger partial charge in [-0.3, -0.25) is 10.1 Å². The molecule has 0 saturated heterocycles. The molecule has 5 atom stereocenters. The Morgan fingerprint density at radius 3 is 2.62 bits per heavy atom. The SMILES string of the molecule is CCCCCC(C=C[C@@H]1[C@@H](CC=CCCCC(=O)O)[C@@H](O)C[C@H]1O)OO. The molecule has 6 nitrogen and oxygen atoms in total. The number of aliphatic hydroxyl groups excluding tert-OH is 2. The molecule has 1 aliphatic rings. The van der Waals surface area contributed by atoms with E-state index in [9.17, 15) is 15.0 Å². The van der Waals surface area contributed by atoms with Gasteiger partial charge >= 0.3 is 5.97 Å². The summed E-state index contributed by atoms with van der Waals surface area (Å²) in [4.78, 5) is 15.0. The van der Waals surface area contributed by atoms with Crippen LogP contribution in [0.5, 0.6) is 0 Å². The van der Waals surface area contributed by atoms with Crippen LogP contribution >= 0.6 is 0 Å². The fraction of sp³-hybridized carbons (Fsp3) is 0.750. The van der Waals surface area contributed by atoms with Crippen molar-refractivity contribution in [2.75, 3.05) is 0 Å². The summed E-state index contributed by atoms with van der Waals surface area (Å²) < 4.78 is 0. The summed E-state index contributed by atoms with van der Waals surface area (Å²) in [5.41, 5.74) is 0. The number of allylic oxidation sites excluding steroid dienone is 2. The van der Waals surface area contributed by atoms with Crippen molar-refractivity contribution in [1.82, 2.24) is 0 Å². The number of unbranched alkanes of at least 4 members (excludes halogenated alkanes) is 3. The lowest BCUT2D eigenvalue weighted by molar-refractivity contribution is -0.267. The van der Waals surface area contributed by atoms with E-state index in [-0.39, 0.29) is 18.3 Å². The maximum Gasteiger partial charge on any atom is 0.303 e. The predicted molar refractivity (Wildman–Crippen MR) is 99.6 cm³/mol. The third kappa shape index (κ3) is 8.45. The molecule has 4 N–H and O–H groups in total. The van der Waals surface area contributed by atoms with Gasteiger partial charge in [-0.15, -0.1) is 0 Å². The molecule has 0 aliphatic heterocycles. The van der Waals surface area contributed by atoms with Crippen molar-refractivity contribution >= 4 is 5.97 Å². The highest BCUT2D eigenvalue weighted by Gasteiger charge is 2.39. The van der Waals surface area contributed by atoms with Crippen LogP contribution in [0.25, 0.3) is 0 Å². The van der Waals surface area contributed by atoms with Crippen molar-refractivity contribution in [2.45, 2.75) is 83.0 Å². The number of carboxylic acids is 1. The van der Waals surface area contributed by atoms with Crippen molar-refractivity contribution in [1.29, 1.82) is 0 Å². The zero-order valence-corrected chi connectivity index (χ0v) is 15.7. The van der Waals surface area contributed by atoms with Gasteiger partial charge in [-0.1, -0.05) is 50.5 Å². The van der Waals surface area contributed by atoms with Crippen molar-refractivity contribution in [3.8, 4) is 0 Å². The zero-order valence-electron chi connectivity index (χ0n) is 15.7. The molecule has 0 radical (unpaired) electrons. The lowest BCUT2D eigenvalue weighted by atomic mass is 9.89. The fourth-order valence-corrected chi connectivity index (χ4v) is 3.48. The van der Waals surface area contributed by atoms with Crippen LogP contribution in [-0.4, -0.2) is 44.9 Å². The standard InChI is InChI=1S/C20H34O6/c1-2-3-6-9-15(26-25)12-13-17-16(18(21)14-19(17)22)10-7-4-5-8-11-20(23)24/h4,7,12-13,15-19,21-22,25H,2-3,5-6,8-11,14H2,1H3,(H,23,24)/t15?,16-,17-,18+,19-/m1/s1. The van der Waals surface area contributed by atoms with Crippen molar-refractivity contribution in [3.05, 3.63) is 24.3 Å². The normalized spacial score (nSPS) is 27.5. The Balaban J connectivity index is 2.53. The Labute approximate surface area is 156 Å². The Morgan fingerprint density at radius 2 is 1.96 bits per heavy atom. The molecule has 150 valence electrons. The van der Waals surface area contributed by atoms with Crippen LogP contribution < -0.4 is 0 Å². The van der Waals surface area contributed by atoms with Gasteiger partial charge in [0.25, 0.3) is 0 Å². The van der Waals surface area contributed by atoms with Gasteiger partial charge in [-0.25, -0.2) is 4.89 Å². The van der Waals surface area contributed by atoms with Crippen LogP contribution in [0, 0.1) is 11.8 Å². The first kappa shape index (κ1) is 22.8. The van der Waals surface area contributed by atoms with Gasteiger partial charge in [-0.2, -0.15) is 0 Å². The Morgan fingerprint density at radius 1 is 1.19 bits per heavy atom. The Hall–Kier alpha value is -1.21. The summed E-state index contributed by atoms with van der Waals surface area (Å²) in [6.07, 6.45) is 12.2. The van der Waals surface area contributed by atoms with E-state index in [2.05, 4.69) is 11.8 Å². The van der Waals surface area contributed by atoms with E-state index in [1.54, 1.807) is 6.08 Å². The molecule has 0 spiro atoms. The quantitative estimate of drug-likeness (QED) is 0.171. The summed E-state index contributed by atoms with van der Waals surface area (Å²) in [7, 11) is 0. The minimum atomic E-state index is -0.794. The molecule has 6 heteroatoms. The van der Waals surface area contributed by atoms with Gasteiger partial charge in [0.2, 0.25) is 0 Å². The van der Waals surface area contributed by atoms with Crippen LogP contribution in [0.2, 0.25) is 0 Å². The molecule has 0 aromatic carbocycles. The molecule has 26 heavy (non-hydrogen) atoms. The highest BCUT2D eigenvalue weighted by molar-refractivity contribution is 5.66. The first-order valence-electron chi connectivity index (χ1n) is 9.71. The minimum Gasteiger partial charge on any atom is -0.481 e. The summed E-state index contributed by atoms with van der Waals surface area (Å²) in [6, 6.07) is 0. The van der Waals surface area contributed by atoms with Crippen LogP contribution in [0.1, 0.15) is 64.7 Å². The van der Waals surface area contributed by atoms with E-state index < -0.39 is 24.3 Å². The summed E-state index contributed by atoms with van der Waals surface area (Å²) in [5.74, 6) is -1.07. The third-order valence-corrected chi connectivity index (χ3v) is 5.03. The third-order valence-electron chi connectivity index (χ3n) is 5.03. The highest BCUT2D eigenvalue weighted by atomic mass is 17.1. The second kappa shape index (κ2) is 13.0. The van der Waals surface area contributed by atoms with Gasteiger partial charge < -0.3 is 15.3 Å². The van der Waals surface area contributed by atoms with Crippen molar-refractivity contribution < 1.29 is 30.3 Å². The van der Waals surface area contributed by atoms with E-state index in [1.807, 2.05) is 18.2 Å². The molecule has 0 heterocycles. The monoisotopic (exact) mass is 370 g/mol. The average molecular weight is 370 g/mol. The summed E-state index contributed by atoms with van der Waals surface area (Å²) >= 11 is 0. The number of hydrogen-bond acceptors (Lipinski definition) is 5. The lowest BCUT2D eigenvalue weighted by Crippen LogP contribution is -2.20. The molecule has 0 aromatic rings. The van der Waals surface area contributed by atoms with Gasteiger partial charge in [0, 0.05) is 18.8 Å². The van der Waals surface area contributed by atoms with E-state index in [0.717, 1.165) is 25.7 Å². The van der Waals surface area contributed by atoms with E-state index in [1.165, 1.54) is 0 Å². The van der Waals surface area contributed by atoms with Gasteiger partial charge in [0.05, 0.1) is 12.2 Å². The Kier molecular flexibility index (Phi) is 11.4. The second-order valence-corrected chi connectivity index (χ2v) is 7.13. The Bertz CT molecular complexity index is 448. The van der Waals surface area contributed by atoms with E-state index >= 15 is 0 Å². The average Bonchev–Trinajstić information content (AvgIpc) is 2.87. The molecular formula is C20H34O6. The van der Waals surface area contributed by atoms with Crippen molar-refractivity contribution in [2.24, 2.45) is 11.8 Å². The first-order valence-corrected chi connectivity index (χ1v) is 9.71. The fourth-order valence-electron chi connectivity index (χ4n) is 3.48. The lowest BCUT2D eigenvalue weighted by Gasteiger charge is -2.20. The summed E-state index contributed by atoms with van der Waals surface area (Å²) in [6.45, 7) is 2.11. The van der Waals surface area contributed by atoms with E-state index in [0.29, 0.717) is 25.7 Å². The molecule has 0 bridgehead atoms. The smallest absolute Gasteiger partial charge is 0.303 e. The van der Waals surface area contributed by atoms with Gasteiger partial charge in [-0.05, 0) is 31.6 Å². The molecule has 1 fully saturated rings.